The molecule has 1 N–H and O–H groups in total. The molecule has 1 rings (SSSR count). The van der Waals surface area contributed by atoms with Gasteiger partial charge in [0, 0.05) is 19.2 Å². The lowest BCUT2D eigenvalue weighted by molar-refractivity contribution is 0.141. The van der Waals surface area contributed by atoms with Crippen molar-refractivity contribution in [1.29, 1.82) is 0 Å². The molecular formula is C11H18BrN3O2. The molecule has 0 spiro atoms. The first kappa shape index (κ1) is 14.2. The molecule has 0 saturated heterocycles. The topological polar surface area (TPSA) is 56.1 Å². The minimum Gasteiger partial charge on any atom is -0.380 e. The minimum atomic E-state index is -0.124. The van der Waals surface area contributed by atoms with Crippen LogP contribution in [-0.2, 0) is 11.3 Å². The van der Waals surface area contributed by atoms with Crippen molar-refractivity contribution in [3.8, 4) is 0 Å². The van der Waals surface area contributed by atoms with Crippen molar-refractivity contribution in [2.45, 2.75) is 33.4 Å². The number of rotatable bonds is 6. The van der Waals surface area contributed by atoms with E-state index in [1.54, 1.807) is 6.20 Å². The van der Waals surface area contributed by atoms with Crippen molar-refractivity contribution < 1.29 is 4.74 Å². The molecule has 1 atom stereocenters. The van der Waals surface area contributed by atoms with Gasteiger partial charge in [-0.1, -0.05) is 0 Å². The number of aromatic nitrogens is 2. The molecule has 1 unspecified atom stereocenters. The molecule has 0 radical (unpaired) electrons. The van der Waals surface area contributed by atoms with Crippen molar-refractivity contribution in [3.63, 3.8) is 0 Å². The molecule has 17 heavy (non-hydrogen) atoms. The van der Waals surface area contributed by atoms with Crippen molar-refractivity contribution in [1.82, 2.24) is 9.78 Å². The van der Waals surface area contributed by atoms with Gasteiger partial charge in [-0.2, -0.15) is 5.10 Å². The Morgan fingerprint density at radius 1 is 1.59 bits per heavy atom. The van der Waals surface area contributed by atoms with Crippen LogP contribution in [0, 0.1) is 0 Å². The van der Waals surface area contributed by atoms with Gasteiger partial charge >= 0.3 is 0 Å². The van der Waals surface area contributed by atoms with Gasteiger partial charge in [0.2, 0.25) is 0 Å². The molecule has 96 valence electrons. The summed E-state index contributed by atoms with van der Waals surface area (Å²) < 4.78 is 7.22. The van der Waals surface area contributed by atoms with Crippen molar-refractivity contribution in [3.05, 3.63) is 21.0 Å². The summed E-state index contributed by atoms with van der Waals surface area (Å²) >= 11 is 3.29. The van der Waals surface area contributed by atoms with Crippen LogP contribution in [0.3, 0.4) is 0 Å². The van der Waals surface area contributed by atoms with Crippen LogP contribution in [0.4, 0.5) is 5.69 Å². The second kappa shape index (κ2) is 6.76. The van der Waals surface area contributed by atoms with Gasteiger partial charge < -0.3 is 10.1 Å². The Morgan fingerprint density at radius 3 is 2.88 bits per heavy atom. The average molecular weight is 304 g/mol. The standard InChI is InChI=1S/C11H18BrN3O2/c1-4-15-11(16)10(12)9(6-13-15)14-8(3)7-17-5-2/h6,8,14H,4-5,7H2,1-3H3. The van der Waals surface area contributed by atoms with Crippen LogP contribution < -0.4 is 10.9 Å². The number of ether oxygens (including phenoxy) is 1. The van der Waals surface area contributed by atoms with E-state index in [1.165, 1.54) is 4.68 Å². The largest absolute Gasteiger partial charge is 0.380 e. The van der Waals surface area contributed by atoms with Gasteiger partial charge in [0.05, 0.1) is 18.5 Å². The van der Waals surface area contributed by atoms with E-state index in [2.05, 4.69) is 26.3 Å². The summed E-state index contributed by atoms with van der Waals surface area (Å²) in [4.78, 5) is 11.8. The Balaban J connectivity index is 2.79. The van der Waals surface area contributed by atoms with E-state index in [9.17, 15) is 4.79 Å². The van der Waals surface area contributed by atoms with Gasteiger partial charge in [-0.25, -0.2) is 4.68 Å². The van der Waals surface area contributed by atoms with E-state index in [1.807, 2.05) is 20.8 Å². The van der Waals surface area contributed by atoms with E-state index < -0.39 is 0 Å². The highest BCUT2D eigenvalue weighted by atomic mass is 79.9. The second-order valence-corrected chi connectivity index (χ2v) is 4.49. The number of anilines is 1. The molecule has 1 heterocycles. The summed E-state index contributed by atoms with van der Waals surface area (Å²) in [6.45, 7) is 7.67. The molecule has 0 aromatic carbocycles. The Morgan fingerprint density at radius 2 is 2.29 bits per heavy atom. The number of nitrogens with zero attached hydrogens (tertiary/aromatic N) is 2. The summed E-state index contributed by atoms with van der Waals surface area (Å²) in [5.41, 5.74) is 0.577. The SMILES string of the molecule is CCOCC(C)Nc1cnn(CC)c(=O)c1Br. The Bertz CT molecular complexity index is 420. The smallest absolute Gasteiger partial charge is 0.283 e. The van der Waals surface area contributed by atoms with Crippen LogP contribution in [0.1, 0.15) is 20.8 Å². The van der Waals surface area contributed by atoms with Gasteiger partial charge in [-0.15, -0.1) is 0 Å². The van der Waals surface area contributed by atoms with Crippen LogP contribution in [0.25, 0.3) is 0 Å². The summed E-state index contributed by atoms with van der Waals surface area (Å²) in [5.74, 6) is 0. The fraction of sp³-hybridized carbons (Fsp3) is 0.636. The Labute approximate surface area is 109 Å². The predicted octanol–water partition coefficient (Wildman–Crippen LogP) is 1.86. The molecule has 0 fully saturated rings. The van der Waals surface area contributed by atoms with Crippen LogP contribution >= 0.6 is 15.9 Å². The Hall–Kier alpha value is -0.880. The molecule has 6 heteroatoms. The first-order valence-corrected chi connectivity index (χ1v) is 6.49. The van der Waals surface area contributed by atoms with Crippen LogP contribution in [0.5, 0.6) is 0 Å². The van der Waals surface area contributed by atoms with E-state index in [0.717, 1.165) is 0 Å². The normalized spacial score (nSPS) is 12.5. The van der Waals surface area contributed by atoms with Gasteiger partial charge in [-0.3, -0.25) is 4.79 Å². The van der Waals surface area contributed by atoms with E-state index in [4.69, 9.17) is 4.74 Å². The first-order valence-electron chi connectivity index (χ1n) is 5.70. The third-order valence-electron chi connectivity index (χ3n) is 2.26. The van der Waals surface area contributed by atoms with Gasteiger partial charge in [-0.05, 0) is 36.7 Å². The van der Waals surface area contributed by atoms with E-state index in [-0.39, 0.29) is 11.6 Å². The van der Waals surface area contributed by atoms with E-state index >= 15 is 0 Å². The van der Waals surface area contributed by atoms with Crippen molar-refractivity contribution >= 4 is 21.6 Å². The second-order valence-electron chi connectivity index (χ2n) is 3.70. The molecule has 0 aliphatic rings. The highest BCUT2D eigenvalue weighted by molar-refractivity contribution is 9.10. The number of hydrogen-bond acceptors (Lipinski definition) is 4. The fourth-order valence-electron chi connectivity index (χ4n) is 1.39. The number of halogens is 1. The molecule has 0 bridgehead atoms. The van der Waals surface area contributed by atoms with Gasteiger partial charge in [0.1, 0.15) is 4.47 Å². The quantitative estimate of drug-likeness (QED) is 0.871. The van der Waals surface area contributed by atoms with Crippen LogP contribution in [-0.4, -0.2) is 29.0 Å². The van der Waals surface area contributed by atoms with Crippen molar-refractivity contribution in [2.75, 3.05) is 18.5 Å². The highest BCUT2D eigenvalue weighted by Gasteiger charge is 2.10. The number of hydrogen-bond donors (Lipinski definition) is 1. The van der Waals surface area contributed by atoms with Crippen LogP contribution in [0.2, 0.25) is 0 Å². The lowest BCUT2D eigenvalue weighted by Gasteiger charge is -2.16. The number of nitrogens with one attached hydrogen (secondary N) is 1. The maximum absolute atomic E-state index is 11.8. The molecule has 5 nitrogen and oxygen atoms in total. The monoisotopic (exact) mass is 303 g/mol. The molecule has 1 aromatic rings. The molecule has 0 amide bonds. The third-order valence-corrected chi connectivity index (χ3v) is 3.02. The van der Waals surface area contributed by atoms with Gasteiger partial charge in [0.25, 0.3) is 5.56 Å². The van der Waals surface area contributed by atoms with Gasteiger partial charge in [0.15, 0.2) is 0 Å². The lowest BCUT2D eigenvalue weighted by Crippen LogP contribution is -2.27. The summed E-state index contributed by atoms with van der Waals surface area (Å²) in [5, 5.41) is 7.25. The molecule has 0 aliphatic heterocycles. The summed E-state index contributed by atoms with van der Waals surface area (Å²) in [6, 6.07) is 0.130. The van der Waals surface area contributed by atoms with Crippen molar-refractivity contribution in [2.24, 2.45) is 0 Å². The maximum atomic E-state index is 11.8. The zero-order valence-electron chi connectivity index (χ0n) is 10.4. The number of aryl methyl sites for hydroxylation is 1. The fourth-order valence-corrected chi connectivity index (χ4v) is 1.81. The molecule has 1 aromatic heterocycles. The van der Waals surface area contributed by atoms with Crippen LogP contribution in [0.15, 0.2) is 15.5 Å². The molecule has 0 aliphatic carbocycles. The molecule has 0 saturated carbocycles. The summed E-state index contributed by atoms with van der Waals surface area (Å²) in [6.07, 6.45) is 1.65. The maximum Gasteiger partial charge on any atom is 0.283 e. The highest BCUT2D eigenvalue weighted by Crippen LogP contribution is 2.17. The zero-order valence-corrected chi connectivity index (χ0v) is 12.0. The predicted molar refractivity (Wildman–Crippen MR) is 71.4 cm³/mol. The first-order chi connectivity index (χ1) is 8.10. The lowest BCUT2D eigenvalue weighted by atomic mass is 10.3. The molecular weight excluding hydrogens is 286 g/mol. The van der Waals surface area contributed by atoms with E-state index in [0.29, 0.717) is 29.9 Å². The average Bonchev–Trinajstić information content (AvgIpc) is 2.33. The minimum absolute atomic E-state index is 0.124. The Kier molecular flexibility index (Phi) is 5.64. The third kappa shape index (κ3) is 3.81. The summed E-state index contributed by atoms with van der Waals surface area (Å²) in [7, 11) is 0. The zero-order chi connectivity index (χ0) is 12.8.